The maximum atomic E-state index is 12.6. The summed E-state index contributed by atoms with van der Waals surface area (Å²) in [5, 5.41) is 12.3. The SMILES string of the molecule is O=C(CCC(=O)N1CCCC(c2nnc(-c3ccsc3)o2)C1)c1ccccc1. The van der Waals surface area contributed by atoms with Crippen LogP contribution >= 0.6 is 11.3 Å². The molecule has 0 N–H and O–H groups in total. The Hall–Kier alpha value is -2.80. The number of nitrogens with zero attached hydrogens (tertiary/aromatic N) is 3. The summed E-state index contributed by atoms with van der Waals surface area (Å²) in [6.07, 6.45) is 2.26. The van der Waals surface area contributed by atoms with Gasteiger partial charge in [-0.05, 0) is 24.3 Å². The molecular weight excluding hydrogens is 374 g/mol. The molecule has 0 saturated carbocycles. The Balaban J connectivity index is 1.34. The van der Waals surface area contributed by atoms with Gasteiger partial charge in [0.1, 0.15) is 0 Å². The van der Waals surface area contributed by atoms with E-state index in [9.17, 15) is 9.59 Å². The Morgan fingerprint density at radius 2 is 2.00 bits per heavy atom. The molecule has 2 aromatic heterocycles. The van der Waals surface area contributed by atoms with Gasteiger partial charge in [-0.1, -0.05) is 30.3 Å². The molecule has 1 amide bonds. The van der Waals surface area contributed by atoms with Crippen molar-refractivity contribution in [1.82, 2.24) is 15.1 Å². The van der Waals surface area contributed by atoms with Crippen LogP contribution in [0.5, 0.6) is 0 Å². The number of ketones is 1. The average molecular weight is 395 g/mol. The summed E-state index contributed by atoms with van der Waals surface area (Å²) in [6.45, 7) is 1.27. The lowest BCUT2D eigenvalue weighted by molar-refractivity contribution is -0.132. The van der Waals surface area contributed by atoms with Gasteiger partial charge in [-0.25, -0.2) is 0 Å². The van der Waals surface area contributed by atoms with Crippen LogP contribution in [0.15, 0.2) is 51.6 Å². The van der Waals surface area contributed by atoms with Crippen LogP contribution in [-0.2, 0) is 4.79 Å². The number of carbonyl (C=O) groups is 2. The van der Waals surface area contributed by atoms with Crippen molar-refractivity contribution in [3.05, 3.63) is 58.6 Å². The third-order valence-electron chi connectivity index (χ3n) is 4.99. The van der Waals surface area contributed by atoms with Crippen LogP contribution in [0.2, 0.25) is 0 Å². The molecule has 144 valence electrons. The minimum Gasteiger partial charge on any atom is -0.420 e. The van der Waals surface area contributed by atoms with E-state index in [1.54, 1.807) is 23.5 Å². The largest absolute Gasteiger partial charge is 0.420 e. The van der Waals surface area contributed by atoms with Gasteiger partial charge in [0.25, 0.3) is 0 Å². The fourth-order valence-electron chi connectivity index (χ4n) is 3.45. The highest BCUT2D eigenvalue weighted by atomic mass is 32.1. The maximum absolute atomic E-state index is 12.6. The molecule has 0 aliphatic carbocycles. The molecule has 1 aliphatic heterocycles. The van der Waals surface area contributed by atoms with Crippen LogP contribution in [0.1, 0.15) is 47.8 Å². The fraction of sp³-hybridized carbons (Fsp3) is 0.333. The van der Waals surface area contributed by atoms with Crippen LogP contribution in [-0.4, -0.2) is 39.9 Å². The highest BCUT2D eigenvalue weighted by Gasteiger charge is 2.28. The maximum Gasteiger partial charge on any atom is 0.248 e. The van der Waals surface area contributed by atoms with Gasteiger partial charge in [0, 0.05) is 42.4 Å². The van der Waals surface area contributed by atoms with Crippen molar-refractivity contribution in [3.63, 3.8) is 0 Å². The van der Waals surface area contributed by atoms with Gasteiger partial charge in [0.2, 0.25) is 17.7 Å². The van der Waals surface area contributed by atoms with E-state index in [4.69, 9.17) is 4.42 Å². The second-order valence-electron chi connectivity index (χ2n) is 6.93. The minimum atomic E-state index is -0.000171. The first kappa shape index (κ1) is 18.6. The normalized spacial score (nSPS) is 16.9. The smallest absolute Gasteiger partial charge is 0.248 e. The van der Waals surface area contributed by atoms with Crippen molar-refractivity contribution in [2.24, 2.45) is 0 Å². The summed E-state index contributed by atoms with van der Waals surface area (Å²) in [5.74, 6) is 1.15. The second-order valence-corrected chi connectivity index (χ2v) is 7.71. The third kappa shape index (κ3) is 4.20. The number of aromatic nitrogens is 2. The quantitative estimate of drug-likeness (QED) is 0.586. The van der Waals surface area contributed by atoms with E-state index >= 15 is 0 Å². The second kappa shape index (κ2) is 8.48. The van der Waals surface area contributed by atoms with Crippen molar-refractivity contribution >= 4 is 23.0 Å². The Morgan fingerprint density at radius 1 is 1.14 bits per heavy atom. The number of Topliss-reactive ketones (excluding diaryl/α,β-unsaturated/α-hetero) is 1. The Bertz CT molecular complexity index is 937. The standard InChI is InChI=1S/C21H21N3O3S/c25-18(15-5-2-1-3-6-15)8-9-19(26)24-11-4-7-16(13-24)20-22-23-21(27-20)17-10-12-28-14-17/h1-3,5-6,10,12,14,16H,4,7-9,11,13H2. The van der Waals surface area contributed by atoms with E-state index < -0.39 is 0 Å². The third-order valence-corrected chi connectivity index (χ3v) is 5.68. The summed E-state index contributed by atoms with van der Waals surface area (Å²) in [6, 6.07) is 11.0. The molecule has 0 bridgehead atoms. The van der Waals surface area contributed by atoms with E-state index in [0.29, 0.717) is 30.4 Å². The molecule has 6 nitrogen and oxygen atoms in total. The van der Waals surface area contributed by atoms with E-state index in [-0.39, 0.29) is 30.4 Å². The summed E-state index contributed by atoms with van der Waals surface area (Å²) in [7, 11) is 0. The predicted molar refractivity (Wildman–Crippen MR) is 106 cm³/mol. The number of amides is 1. The van der Waals surface area contributed by atoms with Crippen molar-refractivity contribution in [3.8, 4) is 11.5 Å². The van der Waals surface area contributed by atoms with Crippen molar-refractivity contribution in [2.45, 2.75) is 31.6 Å². The first-order chi connectivity index (χ1) is 13.7. The number of hydrogen-bond donors (Lipinski definition) is 0. The fourth-order valence-corrected chi connectivity index (χ4v) is 4.08. The van der Waals surface area contributed by atoms with Gasteiger partial charge >= 0.3 is 0 Å². The number of likely N-dealkylation sites (tertiary alicyclic amines) is 1. The van der Waals surface area contributed by atoms with Crippen LogP contribution < -0.4 is 0 Å². The molecule has 3 heterocycles. The van der Waals surface area contributed by atoms with Crippen LogP contribution in [0, 0.1) is 0 Å². The van der Waals surface area contributed by atoms with E-state index in [2.05, 4.69) is 10.2 Å². The average Bonchev–Trinajstić information content (AvgIpc) is 3.44. The van der Waals surface area contributed by atoms with Crippen molar-refractivity contribution in [1.29, 1.82) is 0 Å². The minimum absolute atomic E-state index is 0.000171. The molecule has 1 fully saturated rings. The lowest BCUT2D eigenvalue weighted by atomic mass is 9.97. The van der Waals surface area contributed by atoms with Crippen LogP contribution in [0.3, 0.4) is 0 Å². The van der Waals surface area contributed by atoms with Crippen LogP contribution in [0.25, 0.3) is 11.5 Å². The zero-order chi connectivity index (χ0) is 19.3. The van der Waals surface area contributed by atoms with E-state index in [1.165, 1.54) is 0 Å². The van der Waals surface area contributed by atoms with Crippen LogP contribution in [0.4, 0.5) is 0 Å². The first-order valence-corrected chi connectivity index (χ1v) is 10.4. The molecule has 1 aromatic carbocycles. The number of piperidine rings is 1. The number of hydrogen-bond acceptors (Lipinski definition) is 6. The number of carbonyl (C=O) groups excluding carboxylic acids is 2. The zero-order valence-electron chi connectivity index (χ0n) is 15.4. The molecule has 1 unspecified atom stereocenters. The van der Waals surface area contributed by atoms with Gasteiger partial charge in [-0.2, -0.15) is 11.3 Å². The highest BCUT2D eigenvalue weighted by molar-refractivity contribution is 7.08. The molecule has 1 atom stereocenters. The van der Waals surface area contributed by atoms with E-state index in [0.717, 1.165) is 18.4 Å². The van der Waals surface area contributed by atoms with Gasteiger partial charge in [0.15, 0.2) is 5.78 Å². The van der Waals surface area contributed by atoms with Crippen molar-refractivity contribution < 1.29 is 14.0 Å². The zero-order valence-corrected chi connectivity index (χ0v) is 16.2. The molecule has 4 rings (SSSR count). The molecular formula is C21H21N3O3S. The number of benzene rings is 1. The Labute approximate surface area is 167 Å². The Kier molecular flexibility index (Phi) is 5.62. The lowest BCUT2D eigenvalue weighted by Crippen LogP contribution is -2.39. The molecule has 28 heavy (non-hydrogen) atoms. The van der Waals surface area contributed by atoms with Gasteiger partial charge in [-0.15, -0.1) is 10.2 Å². The molecule has 1 aliphatic rings. The molecule has 0 radical (unpaired) electrons. The van der Waals surface area contributed by atoms with Gasteiger partial charge in [0.05, 0.1) is 5.92 Å². The first-order valence-electron chi connectivity index (χ1n) is 9.42. The molecule has 7 heteroatoms. The summed E-state index contributed by atoms with van der Waals surface area (Å²) in [4.78, 5) is 26.7. The lowest BCUT2D eigenvalue weighted by Gasteiger charge is -2.31. The topological polar surface area (TPSA) is 76.3 Å². The predicted octanol–water partition coefficient (Wildman–Crippen LogP) is 4.17. The molecule has 0 spiro atoms. The summed E-state index contributed by atoms with van der Waals surface area (Å²) < 4.78 is 5.84. The Morgan fingerprint density at radius 3 is 2.79 bits per heavy atom. The number of thiophene rings is 1. The van der Waals surface area contributed by atoms with E-state index in [1.807, 2.05) is 39.9 Å². The van der Waals surface area contributed by atoms with Gasteiger partial charge in [-0.3, -0.25) is 9.59 Å². The van der Waals surface area contributed by atoms with Crippen molar-refractivity contribution in [2.75, 3.05) is 13.1 Å². The molecule has 1 saturated heterocycles. The number of rotatable bonds is 6. The monoisotopic (exact) mass is 395 g/mol. The summed E-state index contributed by atoms with van der Waals surface area (Å²) in [5.41, 5.74) is 1.57. The highest BCUT2D eigenvalue weighted by Crippen LogP contribution is 2.29. The summed E-state index contributed by atoms with van der Waals surface area (Å²) >= 11 is 1.58. The molecule has 3 aromatic rings. The van der Waals surface area contributed by atoms with Gasteiger partial charge < -0.3 is 9.32 Å².